The second-order valence-electron chi connectivity index (χ2n) is 24.2. The molecule has 3 aromatic heterocycles. The minimum Gasteiger partial charge on any atom is -0.396 e. The van der Waals surface area contributed by atoms with Crippen molar-refractivity contribution in [2.45, 2.75) is 211 Å². The summed E-state index contributed by atoms with van der Waals surface area (Å²) in [5.74, 6) is 0.347. The second-order valence-corrected chi connectivity index (χ2v) is 31.3. The minimum absolute atomic E-state index is 0.0125. The van der Waals surface area contributed by atoms with Crippen LogP contribution in [0.1, 0.15) is 120 Å². The molecule has 4 fully saturated rings. The first kappa shape index (κ1) is 79.7. The Morgan fingerprint density at radius 3 is 1.16 bits per heavy atom. The van der Waals surface area contributed by atoms with Gasteiger partial charge in [0.15, 0.2) is 0 Å². The lowest BCUT2D eigenvalue weighted by atomic mass is 10.1. The van der Waals surface area contributed by atoms with Gasteiger partial charge in [0.2, 0.25) is 0 Å². The van der Waals surface area contributed by atoms with Crippen LogP contribution in [0.3, 0.4) is 0 Å². The molecule has 0 saturated carbocycles. The maximum atomic E-state index is 13.6. The van der Waals surface area contributed by atoms with Crippen LogP contribution in [0.2, 0.25) is 0 Å². The molecule has 0 spiro atoms. The molecule has 0 aliphatic carbocycles. The number of phosphoric ester groups is 5. The highest BCUT2D eigenvalue weighted by Gasteiger charge is 2.45. The molecule has 3 aromatic rings. The molecule has 0 radical (unpaired) electrons. The Balaban J connectivity index is 0.888. The number of nitrogens with zero attached hydrogens (tertiary/aromatic N) is 3. The Hall–Kier alpha value is -3.61. The van der Waals surface area contributed by atoms with E-state index in [1.54, 1.807) is 0 Å². The van der Waals surface area contributed by atoms with Crippen molar-refractivity contribution in [1.29, 1.82) is 0 Å². The molecule has 0 aromatic carbocycles. The van der Waals surface area contributed by atoms with E-state index in [1.165, 1.54) is 53.1 Å². The number of H-pyrrole nitrogens is 3. The number of rotatable bonds is 42. The number of nitrogens with one attached hydrogen (secondary N) is 3. The highest BCUT2D eigenvalue weighted by molar-refractivity contribution is 7.48. The molecule has 0 amide bonds. The largest absolute Gasteiger partial charge is 0.472 e. The van der Waals surface area contributed by atoms with Gasteiger partial charge in [0.1, 0.15) is 0 Å². The number of hydrogen-bond donors (Lipinski definition) is 9. The van der Waals surface area contributed by atoms with Crippen molar-refractivity contribution in [3.8, 4) is 0 Å². The monoisotopic (exact) mass is 1470 g/mol. The lowest BCUT2D eigenvalue weighted by molar-refractivity contribution is -0.0123. The molecule has 4 aliphatic rings. The third kappa shape index (κ3) is 25.8. The van der Waals surface area contributed by atoms with Crippen LogP contribution in [0.25, 0.3) is 0 Å². The van der Waals surface area contributed by atoms with Crippen molar-refractivity contribution in [2.24, 2.45) is 5.92 Å². The topological polar surface area (TPSA) is 501 Å². The Bertz CT molecular complexity index is 3650. The van der Waals surface area contributed by atoms with Crippen molar-refractivity contribution in [3.05, 3.63) is 97.8 Å². The van der Waals surface area contributed by atoms with Gasteiger partial charge in [-0.2, -0.15) is 0 Å². The molecule has 4 saturated heterocycles. The number of aliphatic hydroxyl groups is 1. The fourth-order valence-electron chi connectivity index (χ4n) is 11.2. The molecule has 37 nitrogen and oxygen atoms in total. The van der Waals surface area contributed by atoms with Gasteiger partial charge in [0.05, 0.1) is 126 Å². The first-order valence-electron chi connectivity index (χ1n) is 31.5. The maximum Gasteiger partial charge on any atom is 0.472 e. The van der Waals surface area contributed by atoms with Crippen LogP contribution in [0.5, 0.6) is 0 Å². The molecular weight excluding hydrogens is 1380 g/mol. The number of hydrogen-bond acceptors (Lipinski definition) is 26. The van der Waals surface area contributed by atoms with Crippen molar-refractivity contribution in [2.75, 3.05) is 52.9 Å². The minimum atomic E-state index is -4.95. The fraction of sp³-hybridized carbons (Fsp3) is 0.778. The standard InChI is InChI=1S/C54H89N6O31P5/c1-34(2)11-6-18-79-92(68,69)84-24-16-44-48(27-40(87-44)33-60-30-37(5)51(64)57-54(60)67)91-95(74,75)81-19-7-12-41-45(15-23-78-41)88-93(70,71)80-20-8-13-42-46(25-38(85-42)31-58-28-35(3)49(62)55-52(58)65)89-94(72,73)82-21-9-14-43-47(90-96(76,77)83-22-10-17-61)26-39(86-43)32-59-29-36(4)50(63)56-53(59)66/h28-30,34,38-48,61H,6-27,31-33H2,1-5H3,(H,68,69)(H,70,71)(H,72,73)(H,74,75)(H,76,77)(H,55,62,65)(H,56,63,66)(H,57,64,67)/t38-,39-,40-,41-,42-,43-,44-,45?,46?,47?,48?/m1/s1. The van der Waals surface area contributed by atoms with Crippen LogP contribution in [-0.2, 0) is 107 Å². The van der Waals surface area contributed by atoms with Crippen molar-refractivity contribution >= 4 is 39.1 Å². The van der Waals surface area contributed by atoms with E-state index < -0.39 is 153 Å². The Morgan fingerprint density at radius 1 is 0.458 bits per heavy atom. The molecule has 7 heterocycles. The third-order valence-corrected chi connectivity index (χ3v) is 21.1. The first-order valence-corrected chi connectivity index (χ1v) is 39.0. The summed E-state index contributed by atoms with van der Waals surface area (Å²) in [7, 11) is -23.8. The van der Waals surface area contributed by atoms with E-state index in [-0.39, 0.29) is 153 Å². The SMILES string of the molecule is Cc1cn(C[C@H]2CC(OP(=O)(O)OCCC[C@H]3O[C@@H](Cn4cc(C)c(=O)[nH]c4=O)CC3OP(=O)(O)OCCCO)[C@@H](CCCOP(=O)(O)OC3CCO[C@@H]3CCCOP(=O)(O)OC3C[C@H](Cn4cc(C)c(=O)[nH]c4=O)O[C@@H]3CCOP(=O)(O)OCCCC(C)C)O2)c(=O)[nH]c1=O. The predicted octanol–water partition coefficient (Wildman–Crippen LogP) is 3.52. The highest BCUT2D eigenvalue weighted by Crippen LogP contribution is 2.52. The molecule has 546 valence electrons. The number of aromatic amines is 3. The van der Waals surface area contributed by atoms with Crippen molar-refractivity contribution in [1.82, 2.24) is 28.7 Å². The van der Waals surface area contributed by atoms with Crippen molar-refractivity contribution < 1.29 is 117 Å². The fourth-order valence-corrected chi connectivity index (χ4v) is 16.0. The third-order valence-electron chi connectivity index (χ3n) is 15.9. The summed E-state index contributed by atoms with van der Waals surface area (Å²) in [6, 6.07) is 0. The average molecular weight is 1470 g/mol. The molecule has 96 heavy (non-hydrogen) atoms. The number of aromatic nitrogens is 6. The van der Waals surface area contributed by atoms with E-state index in [4.69, 9.17) is 69.3 Å². The van der Waals surface area contributed by atoms with E-state index in [2.05, 4.69) is 15.0 Å². The zero-order chi connectivity index (χ0) is 70.2. The van der Waals surface area contributed by atoms with Crippen LogP contribution in [-0.4, -0.2) is 178 Å². The van der Waals surface area contributed by atoms with Gasteiger partial charge in [0.25, 0.3) is 16.7 Å². The Kier molecular flexibility index (Phi) is 30.2. The quantitative estimate of drug-likeness (QED) is 0.0289. The summed E-state index contributed by atoms with van der Waals surface area (Å²) in [4.78, 5) is 134. The molecule has 42 heteroatoms. The van der Waals surface area contributed by atoms with Crippen LogP contribution >= 0.6 is 39.1 Å². The van der Waals surface area contributed by atoms with Crippen LogP contribution < -0.4 is 33.7 Å². The van der Waals surface area contributed by atoms with Gasteiger partial charge in [0, 0.05) is 80.6 Å². The van der Waals surface area contributed by atoms with Gasteiger partial charge >= 0.3 is 56.2 Å². The van der Waals surface area contributed by atoms with Crippen LogP contribution in [0, 0.1) is 26.7 Å². The molecule has 0 bridgehead atoms. The number of phosphoric acid groups is 5. The van der Waals surface area contributed by atoms with Crippen molar-refractivity contribution in [3.63, 3.8) is 0 Å². The van der Waals surface area contributed by atoms with Gasteiger partial charge in [-0.1, -0.05) is 13.8 Å². The lowest BCUT2D eigenvalue weighted by Crippen LogP contribution is -2.34. The van der Waals surface area contributed by atoms with Gasteiger partial charge in [-0.15, -0.1) is 0 Å². The normalized spacial score (nSPS) is 27.0. The van der Waals surface area contributed by atoms with E-state index in [9.17, 15) is 76.1 Å². The molecule has 7 rings (SSSR count). The van der Waals surface area contributed by atoms with E-state index in [0.717, 1.165) is 6.42 Å². The zero-order valence-electron chi connectivity index (χ0n) is 53.8. The van der Waals surface area contributed by atoms with Crippen LogP contribution in [0.15, 0.2) is 47.4 Å². The van der Waals surface area contributed by atoms with Crippen LogP contribution in [0.4, 0.5) is 0 Å². The molecular formula is C54H89N6O31P5. The summed E-state index contributed by atoms with van der Waals surface area (Å²) in [5, 5.41) is 9.11. The summed E-state index contributed by atoms with van der Waals surface area (Å²) < 4.78 is 147. The molecule has 4 aliphatic heterocycles. The smallest absolute Gasteiger partial charge is 0.396 e. The molecule has 9 N–H and O–H groups in total. The predicted molar refractivity (Wildman–Crippen MR) is 335 cm³/mol. The van der Waals surface area contributed by atoms with E-state index in [1.807, 2.05) is 13.8 Å². The molecule has 16 atom stereocenters. The maximum absolute atomic E-state index is 13.6. The second kappa shape index (κ2) is 36.3. The summed E-state index contributed by atoms with van der Waals surface area (Å²) >= 11 is 0. The lowest BCUT2D eigenvalue weighted by Gasteiger charge is -2.23. The van der Waals surface area contributed by atoms with Gasteiger partial charge < -0.3 is 48.5 Å². The Labute approximate surface area is 550 Å². The average Bonchev–Trinajstić information content (AvgIpc) is 1.68. The number of aliphatic hydroxyl groups excluding tert-OH is 1. The first-order chi connectivity index (χ1) is 45.2. The summed E-state index contributed by atoms with van der Waals surface area (Å²) in [6.45, 7) is 6.01. The van der Waals surface area contributed by atoms with E-state index in [0.29, 0.717) is 12.3 Å². The zero-order valence-corrected chi connectivity index (χ0v) is 58.3. The molecule has 9 unspecified atom stereocenters. The van der Waals surface area contributed by atoms with Gasteiger partial charge in [-0.3, -0.25) is 88.3 Å². The van der Waals surface area contributed by atoms with Gasteiger partial charge in [-0.25, -0.2) is 37.2 Å². The summed E-state index contributed by atoms with van der Waals surface area (Å²) in [5.41, 5.74) is -3.27. The van der Waals surface area contributed by atoms with E-state index >= 15 is 0 Å². The van der Waals surface area contributed by atoms with Gasteiger partial charge in [-0.05, 0) is 84.5 Å². The number of ether oxygens (including phenoxy) is 4. The number of aryl methyl sites for hydroxylation is 3. The summed E-state index contributed by atoms with van der Waals surface area (Å²) in [6.07, 6.45) is -5.27. The highest BCUT2D eigenvalue weighted by atomic mass is 31.2. The Morgan fingerprint density at radius 2 is 0.781 bits per heavy atom.